The molecule has 1 aliphatic rings. The maximum absolute atomic E-state index is 5.46. The van der Waals surface area contributed by atoms with Crippen LogP contribution < -0.4 is 0 Å². The zero-order chi connectivity index (χ0) is 9.10. The van der Waals surface area contributed by atoms with Crippen LogP contribution in [0.2, 0.25) is 0 Å². The maximum atomic E-state index is 5.46. The zero-order valence-electron chi connectivity index (χ0n) is 8.07. The van der Waals surface area contributed by atoms with Crippen LogP contribution in [-0.4, -0.2) is 22.8 Å². The normalized spacial score (nSPS) is 23.3. The summed E-state index contributed by atoms with van der Waals surface area (Å²) in [4.78, 5) is 4.18. The first-order valence-electron chi connectivity index (χ1n) is 5.00. The van der Waals surface area contributed by atoms with Crippen LogP contribution in [0.4, 0.5) is 0 Å². The molecule has 3 heteroatoms. The summed E-state index contributed by atoms with van der Waals surface area (Å²) in [5, 5.41) is 0. The molecule has 1 aliphatic heterocycles. The number of aromatic nitrogens is 2. The molecule has 0 amide bonds. The summed E-state index contributed by atoms with van der Waals surface area (Å²) in [7, 11) is 0. The Morgan fingerprint density at radius 1 is 1.69 bits per heavy atom. The van der Waals surface area contributed by atoms with Crippen molar-refractivity contribution in [2.24, 2.45) is 0 Å². The van der Waals surface area contributed by atoms with Crippen LogP contribution in [0.1, 0.15) is 31.5 Å². The summed E-state index contributed by atoms with van der Waals surface area (Å²) < 4.78 is 7.72. The molecular weight excluding hydrogens is 164 g/mol. The number of nitrogens with zero attached hydrogens (tertiary/aromatic N) is 2. The van der Waals surface area contributed by atoms with Gasteiger partial charge in [0, 0.05) is 18.5 Å². The molecule has 1 atom stereocenters. The van der Waals surface area contributed by atoms with Gasteiger partial charge in [-0.1, -0.05) is 6.92 Å². The summed E-state index contributed by atoms with van der Waals surface area (Å²) in [6.07, 6.45) is 7.33. The predicted molar refractivity (Wildman–Crippen MR) is 50.7 cm³/mol. The van der Waals surface area contributed by atoms with Crippen molar-refractivity contribution < 1.29 is 4.74 Å². The van der Waals surface area contributed by atoms with Gasteiger partial charge < -0.3 is 9.30 Å². The number of imidazole rings is 1. The van der Waals surface area contributed by atoms with Gasteiger partial charge in [-0.25, -0.2) is 4.98 Å². The highest BCUT2D eigenvalue weighted by molar-refractivity contribution is 5.00. The second-order valence-electron chi connectivity index (χ2n) is 3.52. The highest BCUT2D eigenvalue weighted by atomic mass is 16.5. The molecular formula is C10H16N2O. The highest BCUT2D eigenvalue weighted by Gasteiger charge is 2.16. The molecule has 13 heavy (non-hydrogen) atoms. The van der Waals surface area contributed by atoms with Gasteiger partial charge in [0.1, 0.15) is 0 Å². The second kappa shape index (κ2) is 3.92. The van der Waals surface area contributed by atoms with Crippen LogP contribution in [0, 0.1) is 0 Å². The Morgan fingerprint density at radius 3 is 3.31 bits per heavy atom. The lowest BCUT2D eigenvalue weighted by atomic mass is 10.1. The molecule has 0 spiro atoms. The van der Waals surface area contributed by atoms with Crippen molar-refractivity contribution in [3.05, 3.63) is 18.2 Å². The lowest BCUT2D eigenvalue weighted by Gasteiger charge is -2.24. The van der Waals surface area contributed by atoms with E-state index >= 15 is 0 Å². The van der Waals surface area contributed by atoms with E-state index in [1.807, 2.05) is 12.5 Å². The van der Waals surface area contributed by atoms with E-state index in [1.54, 1.807) is 0 Å². The molecule has 0 bridgehead atoms. The van der Waals surface area contributed by atoms with E-state index in [-0.39, 0.29) is 0 Å². The fraction of sp³-hybridized carbons (Fsp3) is 0.700. The van der Waals surface area contributed by atoms with Gasteiger partial charge in [0.05, 0.1) is 19.0 Å². The van der Waals surface area contributed by atoms with Gasteiger partial charge in [0.2, 0.25) is 0 Å². The van der Waals surface area contributed by atoms with Crippen LogP contribution >= 0.6 is 0 Å². The fourth-order valence-electron chi connectivity index (χ4n) is 1.88. The van der Waals surface area contributed by atoms with Gasteiger partial charge in [0.15, 0.2) is 0 Å². The monoisotopic (exact) mass is 180 g/mol. The van der Waals surface area contributed by atoms with Crippen LogP contribution in [0.25, 0.3) is 0 Å². The second-order valence-corrected chi connectivity index (χ2v) is 3.52. The van der Waals surface area contributed by atoms with E-state index in [4.69, 9.17) is 4.74 Å². The van der Waals surface area contributed by atoms with Crippen molar-refractivity contribution in [2.75, 3.05) is 13.2 Å². The number of hydrogen-bond acceptors (Lipinski definition) is 2. The highest BCUT2D eigenvalue weighted by Crippen LogP contribution is 2.20. The molecule has 1 aromatic rings. The first-order valence-corrected chi connectivity index (χ1v) is 5.00. The summed E-state index contributed by atoms with van der Waals surface area (Å²) in [6.45, 7) is 3.94. The summed E-state index contributed by atoms with van der Waals surface area (Å²) in [5.74, 6) is 0. The third-order valence-corrected chi connectivity index (χ3v) is 2.64. The van der Waals surface area contributed by atoms with Crippen molar-refractivity contribution in [1.82, 2.24) is 9.55 Å². The van der Waals surface area contributed by atoms with E-state index in [2.05, 4.69) is 16.5 Å². The summed E-state index contributed by atoms with van der Waals surface area (Å²) in [5.41, 5.74) is 1.32. The van der Waals surface area contributed by atoms with E-state index in [9.17, 15) is 0 Å². The smallest absolute Gasteiger partial charge is 0.0951 e. The third-order valence-electron chi connectivity index (χ3n) is 2.64. The first kappa shape index (κ1) is 8.75. The van der Waals surface area contributed by atoms with Crippen molar-refractivity contribution >= 4 is 0 Å². The van der Waals surface area contributed by atoms with Gasteiger partial charge in [-0.3, -0.25) is 0 Å². The Hall–Kier alpha value is -0.830. The van der Waals surface area contributed by atoms with Crippen LogP contribution in [0.15, 0.2) is 12.5 Å². The molecule has 2 heterocycles. The average molecular weight is 180 g/mol. The van der Waals surface area contributed by atoms with Crippen LogP contribution in [0.3, 0.4) is 0 Å². The van der Waals surface area contributed by atoms with E-state index in [1.165, 1.54) is 18.5 Å². The van der Waals surface area contributed by atoms with E-state index in [0.29, 0.717) is 6.04 Å². The van der Waals surface area contributed by atoms with Gasteiger partial charge >= 0.3 is 0 Å². The lowest BCUT2D eigenvalue weighted by Crippen LogP contribution is -2.21. The minimum Gasteiger partial charge on any atom is -0.379 e. The van der Waals surface area contributed by atoms with Gasteiger partial charge in [0.25, 0.3) is 0 Å². The summed E-state index contributed by atoms with van der Waals surface area (Å²) in [6, 6.07) is 0.520. The third kappa shape index (κ3) is 1.75. The number of hydrogen-bond donors (Lipinski definition) is 0. The van der Waals surface area contributed by atoms with Gasteiger partial charge in [-0.15, -0.1) is 0 Å². The molecule has 1 fully saturated rings. The minimum atomic E-state index is 0.520. The van der Waals surface area contributed by atoms with Gasteiger partial charge in [-0.2, -0.15) is 0 Å². The molecule has 0 N–H and O–H groups in total. The fourth-order valence-corrected chi connectivity index (χ4v) is 1.88. The Balaban J connectivity index is 2.13. The molecule has 3 nitrogen and oxygen atoms in total. The van der Waals surface area contributed by atoms with E-state index < -0.39 is 0 Å². The largest absolute Gasteiger partial charge is 0.379 e. The quantitative estimate of drug-likeness (QED) is 0.694. The Morgan fingerprint density at radius 2 is 2.62 bits per heavy atom. The Bertz CT molecular complexity index is 264. The standard InChI is InChI=1S/C10H16N2O/c1-2-9-6-11-8-12(9)10-4-3-5-13-7-10/h6,8,10H,2-5,7H2,1H3. The predicted octanol–water partition coefficient (Wildman–Crippen LogP) is 1.80. The van der Waals surface area contributed by atoms with Crippen molar-refractivity contribution in [1.29, 1.82) is 0 Å². The number of aryl methyl sites for hydroxylation is 1. The Labute approximate surface area is 78.7 Å². The molecule has 1 unspecified atom stereocenters. The van der Waals surface area contributed by atoms with Crippen molar-refractivity contribution in [2.45, 2.75) is 32.2 Å². The molecule has 0 saturated carbocycles. The topological polar surface area (TPSA) is 27.1 Å². The van der Waals surface area contributed by atoms with Crippen LogP contribution in [-0.2, 0) is 11.2 Å². The number of rotatable bonds is 2. The van der Waals surface area contributed by atoms with Crippen molar-refractivity contribution in [3.63, 3.8) is 0 Å². The molecule has 0 radical (unpaired) electrons. The van der Waals surface area contributed by atoms with Crippen LogP contribution in [0.5, 0.6) is 0 Å². The molecule has 1 saturated heterocycles. The Kier molecular flexibility index (Phi) is 2.64. The van der Waals surface area contributed by atoms with E-state index in [0.717, 1.165) is 19.6 Å². The lowest BCUT2D eigenvalue weighted by molar-refractivity contribution is 0.0583. The maximum Gasteiger partial charge on any atom is 0.0951 e. The molecule has 0 aromatic carbocycles. The molecule has 72 valence electrons. The average Bonchev–Trinajstić information content (AvgIpc) is 2.67. The minimum absolute atomic E-state index is 0.520. The van der Waals surface area contributed by atoms with Crippen molar-refractivity contribution in [3.8, 4) is 0 Å². The zero-order valence-corrected chi connectivity index (χ0v) is 8.07. The van der Waals surface area contributed by atoms with Gasteiger partial charge in [-0.05, 0) is 19.3 Å². The summed E-state index contributed by atoms with van der Waals surface area (Å²) >= 11 is 0. The SMILES string of the molecule is CCc1cncn1C1CCCOC1. The molecule has 2 rings (SSSR count). The first-order chi connectivity index (χ1) is 6.42. The molecule has 1 aromatic heterocycles. The number of ether oxygens (including phenoxy) is 1. The molecule has 0 aliphatic carbocycles.